The third-order valence-corrected chi connectivity index (χ3v) is 10.3. The smallest absolute Gasteiger partial charge is 0.246 e. The summed E-state index contributed by atoms with van der Waals surface area (Å²) >= 11 is 6.42. The van der Waals surface area contributed by atoms with E-state index in [0.717, 1.165) is 4.31 Å². The average Bonchev–Trinajstić information content (AvgIpc) is 2.74. The highest BCUT2D eigenvalue weighted by Gasteiger charge is 2.49. The highest BCUT2D eigenvalue weighted by molar-refractivity contribution is 9.10. The number of ketones is 1. The van der Waals surface area contributed by atoms with E-state index < -0.39 is 36.3 Å². The first kappa shape index (κ1) is 26.5. The fraction of sp³-hybridized carbons (Fsp3) is 0.368. The van der Waals surface area contributed by atoms with Gasteiger partial charge in [0.2, 0.25) is 20.0 Å². The minimum Gasteiger partial charge on any atom is -0.399 e. The summed E-state index contributed by atoms with van der Waals surface area (Å²) in [5.74, 6) is -0.982. The fourth-order valence-electron chi connectivity index (χ4n) is 3.35. The zero-order valence-corrected chi connectivity index (χ0v) is 23.6. The lowest BCUT2D eigenvalue weighted by molar-refractivity contribution is 0.101. The minimum atomic E-state index is -3.57. The van der Waals surface area contributed by atoms with Crippen LogP contribution in [0.3, 0.4) is 0 Å². The average molecular weight is 639 g/mol. The van der Waals surface area contributed by atoms with Crippen LogP contribution in [-0.2, 0) is 24.9 Å². The molecule has 0 saturated carbocycles. The van der Waals surface area contributed by atoms with E-state index in [1.807, 2.05) is 0 Å². The van der Waals surface area contributed by atoms with Crippen molar-refractivity contribution in [1.29, 1.82) is 0 Å². The van der Waals surface area contributed by atoms with Crippen LogP contribution in [0.2, 0.25) is 0 Å². The van der Waals surface area contributed by atoms with Crippen molar-refractivity contribution in [2.45, 2.75) is 18.6 Å². The molecule has 0 N–H and O–H groups in total. The molecule has 4 rings (SSSR count). The second-order valence-corrected chi connectivity index (χ2v) is 13.9. The molecular formula is C19H21Br2N5O6S2. The number of hydrogen-bond acceptors (Lipinski definition) is 9. The van der Waals surface area contributed by atoms with E-state index in [0.29, 0.717) is 32.0 Å². The zero-order valence-electron chi connectivity index (χ0n) is 18.8. The Morgan fingerprint density at radius 2 is 1.44 bits per heavy atom. The number of halogens is 2. The van der Waals surface area contributed by atoms with Gasteiger partial charge in [0.1, 0.15) is 43.9 Å². The fourth-order valence-corrected chi connectivity index (χ4v) is 6.54. The third kappa shape index (κ3) is 4.45. The summed E-state index contributed by atoms with van der Waals surface area (Å²) in [6.45, 7) is 3.17. The third-order valence-electron chi connectivity index (χ3n) is 5.34. The maximum atomic E-state index is 12.5. The maximum Gasteiger partial charge on any atom is 0.246 e. The molecule has 2 aromatic heterocycles. The van der Waals surface area contributed by atoms with Crippen LogP contribution >= 0.6 is 31.9 Å². The van der Waals surface area contributed by atoms with Gasteiger partial charge in [-0.05, 0) is 70.0 Å². The van der Waals surface area contributed by atoms with Gasteiger partial charge in [0.25, 0.3) is 0 Å². The first-order chi connectivity index (χ1) is 15.6. The standard InChI is InChI=1S/C11H14BrN3O3S.C8H7BrN2O3S/c1-11(2)10(14-18-4)9-7(5-6-8(12)13-9)15(3)19(11,16)17;1-11-5-2-3-7(9)10-8(5)6(12)4-15(11,13)14/h5-6H,1-4H3;2-3H,4H2,1H3/b14-10-;. The van der Waals surface area contributed by atoms with Crippen molar-refractivity contribution in [3.8, 4) is 0 Å². The Labute approximate surface area is 214 Å². The second kappa shape index (κ2) is 9.17. The van der Waals surface area contributed by atoms with E-state index in [4.69, 9.17) is 4.84 Å². The molecule has 4 heterocycles. The van der Waals surface area contributed by atoms with E-state index in [1.54, 1.807) is 38.1 Å². The van der Waals surface area contributed by atoms with Crippen LogP contribution in [0.1, 0.15) is 30.0 Å². The maximum absolute atomic E-state index is 12.5. The number of fused-ring (bicyclic) bond motifs is 2. The van der Waals surface area contributed by atoms with E-state index in [9.17, 15) is 21.6 Å². The van der Waals surface area contributed by atoms with Crippen molar-refractivity contribution < 1.29 is 26.5 Å². The molecule has 2 aliphatic rings. The summed E-state index contributed by atoms with van der Waals surface area (Å²) in [6.07, 6.45) is 0. The molecule has 0 spiro atoms. The quantitative estimate of drug-likeness (QED) is 0.343. The van der Waals surface area contributed by atoms with E-state index >= 15 is 0 Å². The van der Waals surface area contributed by atoms with Crippen LogP contribution in [0, 0.1) is 0 Å². The molecule has 2 aliphatic heterocycles. The van der Waals surface area contributed by atoms with Crippen molar-refractivity contribution in [2.75, 3.05) is 35.6 Å². The summed E-state index contributed by atoms with van der Waals surface area (Å²) in [6, 6.07) is 6.53. The molecule has 0 bridgehead atoms. The van der Waals surface area contributed by atoms with Crippen LogP contribution in [0.5, 0.6) is 0 Å². The van der Waals surface area contributed by atoms with Gasteiger partial charge in [-0.1, -0.05) is 5.16 Å². The Morgan fingerprint density at radius 3 is 1.97 bits per heavy atom. The molecule has 34 heavy (non-hydrogen) atoms. The Hall–Kier alpha value is -2.10. The number of carbonyl (C=O) groups is 1. The number of Topliss-reactive ketones (excluding diaryl/α,β-unsaturated/α-hetero) is 1. The van der Waals surface area contributed by atoms with Crippen molar-refractivity contribution in [3.05, 3.63) is 44.9 Å². The van der Waals surface area contributed by atoms with Gasteiger partial charge < -0.3 is 4.84 Å². The summed E-state index contributed by atoms with van der Waals surface area (Å²) in [4.78, 5) is 24.6. The lowest BCUT2D eigenvalue weighted by Crippen LogP contribution is -2.53. The van der Waals surface area contributed by atoms with E-state index in [-0.39, 0.29) is 5.69 Å². The minimum absolute atomic E-state index is 0.196. The highest BCUT2D eigenvalue weighted by Crippen LogP contribution is 2.38. The number of rotatable bonds is 1. The molecule has 0 atom stereocenters. The van der Waals surface area contributed by atoms with Crippen molar-refractivity contribution in [1.82, 2.24) is 9.97 Å². The lowest BCUT2D eigenvalue weighted by Gasteiger charge is -2.37. The Morgan fingerprint density at radius 1 is 0.941 bits per heavy atom. The molecule has 0 radical (unpaired) electrons. The Kier molecular flexibility index (Phi) is 7.14. The van der Waals surface area contributed by atoms with Gasteiger partial charge >= 0.3 is 0 Å². The molecular weight excluding hydrogens is 618 g/mol. The summed E-state index contributed by atoms with van der Waals surface area (Å²) in [5.41, 5.74) is 1.80. The number of carbonyl (C=O) groups excluding carboxylic acids is 1. The SMILES string of the molecule is CN1c2ccc(Br)nc2C(=O)CS1(=O)=O.CO/N=C1/c2nc(Br)ccc2N(C)S(=O)(=O)C1(C)C. The summed E-state index contributed by atoms with van der Waals surface area (Å²) in [7, 11) is -2.78. The van der Waals surface area contributed by atoms with Gasteiger partial charge in [-0.3, -0.25) is 13.4 Å². The molecule has 0 aromatic carbocycles. The number of anilines is 2. The molecule has 0 fully saturated rings. The van der Waals surface area contributed by atoms with Gasteiger partial charge in [0.15, 0.2) is 5.78 Å². The van der Waals surface area contributed by atoms with E-state index in [1.165, 1.54) is 25.5 Å². The molecule has 15 heteroatoms. The Balaban J connectivity index is 0.000000196. The summed E-state index contributed by atoms with van der Waals surface area (Å²) in [5, 5.41) is 3.88. The van der Waals surface area contributed by atoms with Crippen LogP contribution in [0.4, 0.5) is 11.4 Å². The number of pyridine rings is 2. The number of hydrogen-bond donors (Lipinski definition) is 0. The first-order valence-corrected chi connectivity index (χ1v) is 14.2. The van der Waals surface area contributed by atoms with Crippen LogP contribution in [0.15, 0.2) is 38.6 Å². The molecule has 0 amide bonds. The molecule has 2 aromatic rings. The topological polar surface area (TPSA) is 139 Å². The number of aromatic nitrogens is 2. The molecule has 11 nitrogen and oxygen atoms in total. The number of nitrogens with zero attached hydrogens (tertiary/aromatic N) is 5. The second-order valence-electron chi connectivity index (χ2n) is 7.76. The highest BCUT2D eigenvalue weighted by atomic mass is 79.9. The first-order valence-electron chi connectivity index (χ1n) is 9.58. The van der Waals surface area contributed by atoms with Crippen LogP contribution < -0.4 is 8.61 Å². The summed E-state index contributed by atoms with van der Waals surface area (Å²) < 4.78 is 50.3. The predicted octanol–water partition coefficient (Wildman–Crippen LogP) is 2.56. The molecule has 0 unspecified atom stereocenters. The van der Waals surface area contributed by atoms with Gasteiger partial charge in [-0.25, -0.2) is 26.8 Å². The van der Waals surface area contributed by atoms with Crippen molar-refractivity contribution in [3.63, 3.8) is 0 Å². The van der Waals surface area contributed by atoms with Gasteiger partial charge in [0.05, 0.1) is 11.4 Å². The van der Waals surface area contributed by atoms with Crippen LogP contribution in [-0.4, -0.2) is 70.0 Å². The zero-order chi connectivity index (χ0) is 25.6. The van der Waals surface area contributed by atoms with Crippen molar-refractivity contribution >= 4 is 74.8 Å². The molecule has 184 valence electrons. The van der Waals surface area contributed by atoms with E-state index in [2.05, 4.69) is 47.0 Å². The Bertz CT molecular complexity index is 1410. The largest absolute Gasteiger partial charge is 0.399 e. The van der Waals surface area contributed by atoms with Gasteiger partial charge in [-0.2, -0.15) is 0 Å². The normalized spacial score (nSPS) is 20.7. The predicted molar refractivity (Wildman–Crippen MR) is 135 cm³/mol. The number of sulfonamides is 2. The van der Waals surface area contributed by atoms with Crippen molar-refractivity contribution in [2.24, 2.45) is 5.16 Å². The lowest BCUT2D eigenvalue weighted by atomic mass is 10.0. The van der Waals surface area contributed by atoms with Crippen LogP contribution in [0.25, 0.3) is 0 Å². The van der Waals surface area contributed by atoms with Gasteiger partial charge in [-0.15, -0.1) is 0 Å². The monoisotopic (exact) mass is 637 g/mol. The van der Waals surface area contributed by atoms with Gasteiger partial charge in [0, 0.05) is 14.1 Å². The molecule has 0 saturated heterocycles. The number of oxime groups is 1. The molecule has 0 aliphatic carbocycles.